The third-order valence-electron chi connectivity index (χ3n) is 7.41. The molecule has 5 N–H and O–H groups in total. The first kappa shape index (κ1) is 25.0. The molecule has 0 bridgehead atoms. The average molecular weight is 389 g/mol. The molecule has 1 saturated heterocycles. The molecule has 4 rings (SSSR count). The second-order valence-electron chi connectivity index (χ2n) is 8.95. The quantitative estimate of drug-likeness (QED) is 0.333. The summed E-state index contributed by atoms with van der Waals surface area (Å²) in [6, 6.07) is 0.546. The van der Waals surface area contributed by atoms with Crippen LogP contribution in [0.3, 0.4) is 0 Å². The van der Waals surface area contributed by atoms with E-state index >= 15 is 0 Å². The minimum absolute atomic E-state index is 0.216. The second-order valence-corrected chi connectivity index (χ2v) is 8.95. The van der Waals surface area contributed by atoms with Gasteiger partial charge < -0.3 is 46.0 Å². The standard InChI is InChI=1S/C9H17NO2.C9H17N.2C3H3/c11-8(12)4-9-3-1-2-7(9)5-10-6-9;1-7-6-8(10)9(7)4-2-3-5-9;2*1-3-2/h7-8,10-12H,1-6H2;7-8H,2-6,10H2,1H3;2*1H3/q;;2*-1. The van der Waals surface area contributed by atoms with E-state index in [4.69, 9.17) is 28.8 Å². The molecule has 4 atom stereocenters. The van der Waals surface area contributed by atoms with Crippen LogP contribution < -0.4 is 11.1 Å². The molecule has 1 heterocycles. The Morgan fingerprint density at radius 1 is 1.11 bits per heavy atom. The molecule has 0 aromatic rings. The molecule has 1 aliphatic heterocycles. The molecule has 4 nitrogen and oxygen atoms in total. The van der Waals surface area contributed by atoms with E-state index in [2.05, 4.69) is 12.2 Å². The van der Waals surface area contributed by atoms with Gasteiger partial charge in [-0.2, -0.15) is 0 Å². The summed E-state index contributed by atoms with van der Waals surface area (Å²) in [6.45, 7) is 7.51. The van der Waals surface area contributed by atoms with Crippen molar-refractivity contribution in [1.82, 2.24) is 5.32 Å². The van der Waals surface area contributed by atoms with Gasteiger partial charge in [-0.25, -0.2) is 0 Å². The summed E-state index contributed by atoms with van der Waals surface area (Å²) in [5, 5.41) is 21.3. The Morgan fingerprint density at radius 2 is 1.68 bits per heavy atom. The van der Waals surface area contributed by atoms with Crippen LogP contribution in [-0.2, 0) is 0 Å². The van der Waals surface area contributed by atoms with E-state index < -0.39 is 6.29 Å². The second kappa shape index (κ2) is 11.8. The predicted octanol–water partition coefficient (Wildman–Crippen LogP) is 3.18. The fourth-order valence-corrected chi connectivity index (χ4v) is 5.91. The average Bonchev–Trinajstić information content (AvgIpc) is 3.32. The van der Waals surface area contributed by atoms with Gasteiger partial charge in [0.15, 0.2) is 6.29 Å². The molecule has 0 amide bonds. The predicted molar refractivity (Wildman–Crippen MR) is 114 cm³/mol. The van der Waals surface area contributed by atoms with Crippen LogP contribution in [-0.4, -0.2) is 35.6 Å². The van der Waals surface area contributed by atoms with Gasteiger partial charge >= 0.3 is 0 Å². The molecule has 1 spiro atoms. The Kier molecular flexibility index (Phi) is 10.6. The normalized spacial score (nSPS) is 33.7. The smallest absolute Gasteiger partial charge is 0.152 e. The van der Waals surface area contributed by atoms with Gasteiger partial charge in [-0.15, -0.1) is 0 Å². The van der Waals surface area contributed by atoms with Crippen molar-refractivity contribution in [2.75, 3.05) is 13.1 Å². The van der Waals surface area contributed by atoms with Crippen LogP contribution in [0.2, 0.25) is 0 Å². The van der Waals surface area contributed by atoms with Gasteiger partial charge in [-0.3, -0.25) is 0 Å². The van der Waals surface area contributed by atoms with E-state index in [0.717, 1.165) is 19.0 Å². The largest absolute Gasteiger partial charge is 0.694 e. The number of hydrogen-bond donors (Lipinski definition) is 4. The first-order chi connectivity index (χ1) is 13.3. The lowest BCUT2D eigenvalue weighted by molar-refractivity contribution is -0.0738. The highest BCUT2D eigenvalue weighted by molar-refractivity contribution is 5.05. The highest BCUT2D eigenvalue weighted by atomic mass is 16.5. The molecule has 28 heavy (non-hydrogen) atoms. The molecule has 0 aromatic carbocycles. The van der Waals surface area contributed by atoms with Crippen LogP contribution in [0, 0.1) is 47.4 Å². The Labute approximate surface area is 173 Å². The third-order valence-corrected chi connectivity index (χ3v) is 7.41. The Morgan fingerprint density at radius 3 is 2.11 bits per heavy atom. The minimum Gasteiger partial charge on any atom is -0.694 e. The van der Waals surface area contributed by atoms with Crippen molar-refractivity contribution >= 4 is 0 Å². The van der Waals surface area contributed by atoms with Gasteiger partial charge in [0.1, 0.15) is 0 Å². The molecular weight excluding hydrogens is 348 g/mol. The van der Waals surface area contributed by atoms with Gasteiger partial charge in [0, 0.05) is 19.0 Å². The highest BCUT2D eigenvalue weighted by Gasteiger charge is 2.51. The van der Waals surface area contributed by atoms with Crippen molar-refractivity contribution in [2.45, 2.75) is 90.9 Å². The van der Waals surface area contributed by atoms with Gasteiger partial charge in [0.25, 0.3) is 0 Å². The van der Waals surface area contributed by atoms with Crippen LogP contribution in [0.25, 0.3) is 0 Å². The maximum Gasteiger partial charge on any atom is 0.152 e. The van der Waals surface area contributed by atoms with Gasteiger partial charge in [-0.1, -0.05) is 26.2 Å². The first-order valence-electron chi connectivity index (χ1n) is 10.8. The molecule has 4 aliphatic rings. The van der Waals surface area contributed by atoms with Gasteiger partial charge in [-0.05, 0) is 75.2 Å². The Hall–Kier alpha value is -1.04. The summed E-state index contributed by atoms with van der Waals surface area (Å²) in [4.78, 5) is 0. The van der Waals surface area contributed by atoms with Crippen molar-refractivity contribution < 1.29 is 10.2 Å². The molecule has 0 radical (unpaired) electrons. The van der Waals surface area contributed by atoms with Crippen molar-refractivity contribution in [3.8, 4) is 11.8 Å². The number of fused-ring (bicyclic) bond motifs is 1. The zero-order valence-corrected chi connectivity index (χ0v) is 18.1. The zero-order valence-electron chi connectivity index (χ0n) is 18.1. The van der Waals surface area contributed by atoms with E-state index in [1.165, 1.54) is 51.4 Å². The number of aliphatic hydroxyl groups excluding tert-OH is 1. The van der Waals surface area contributed by atoms with Gasteiger partial charge in [0.2, 0.25) is 0 Å². The van der Waals surface area contributed by atoms with E-state index in [9.17, 15) is 0 Å². The van der Waals surface area contributed by atoms with Crippen molar-refractivity contribution in [1.29, 1.82) is 0 Å². The Balaban J connectivity index is 0.000000222. The van der Waals surface area contributed by atoms with Crippen LogP contribution in [0.15, 0.2) is 0 Å². The fraction of sp³-hybridized carbons (Fsp3) is 0.833. The molecule has 4 heteroatoms. The van der Waals surface area contributed by atoms with Crippen molar-refractivity contribution in [3.05, 3.63) is 12.8 Å². The molecule has 0 aromatic heterocycles. The lowest BCUT2D eigenvalue weighted by Gasteiger charge is -2.51. The Bertz CT molecular complexity index is 494. The summed E-state index contributed by atoms with van der Waals surface area (Å²) in [7, 11) is 0. The lowest BCUT2D eigenvalue weighted by Crippen LogP contribution is -2.55. The molecule has 4 unspecified atom stereocenters. The summed E-state index contributed by atoms with van der Waals surface area (Å²) in [6.07, 6.45) is 22.0. The summed E-state index contributed by atoms with van der Waals surface area (Å²) in [5.41, 5.74) is 6.84. The fourth-order valence-electron chi connectivity index (χ4n) is 5.91. The van der Waals surface area contributed by atoms with E-state index in [1.54, 1.807) is 13.8 Å². The summed E-state index contributed by atoms with van der Waals surface area (Å²) in [5.74, 6) is 5.62. The topological polar surface area (TPSA) is 78.5 Å². The lowest BCUT2D eigenvalue weighted by atomic mass is 9.56. The number of rotatable bonds is 2. The zero-order chi connectivity index (χ0) is 21.2. The van der Waals surface area contributed by atoms with Gasteiger partial charge in [0.05, 0.1) is 0 Å². The van der Waals surface area contributed by atoms with E-state index in [1.807, 2.05) is 11.8 Å². The number of aliphatic hydroxyl groups is 2. The maximum atomic E-state index is 8.98. The van der Waals surface area contributed by atoms with Crippen molar-refractivity contribution in [2.24, 2.45) is 28.4 Å². The first-order valence-corrected chi connectivity index (χ1v) is 10.8. The number of nitrogens with one attached hydrogen (secondary N) is 1. The van der Waals surface area contributed by atoms with Crippen LogP contribution in [0.4, 0.5) is 0 Å². The number of hydrogen-bond acceptors (Lipinski definition) is 4. The highest BCUT2D eigenvalue weighted by Crippen LogP contribution is 2.56. The monoisotopic (exact) mass is 388 g/mol. The summed E-state index contributed by atoms with van der Waals surface area (Å²) < 4.78 is 0. The third kappa shape index (κ3) is 5.98. The van der Waals surface area contributed by atoms with E-state index in [0.29, 0.717) is 23.8 Å². The van der Waals surface area contributed by atoms with Crippen LogP contribution >= 0.6 is 0 Å². The van der Waals surface area contributed by atoms with Crippen LogP contribution in [0.5, 0.6) is 0 Å². The summed E-state index contributed by atoms with van der Waals surface area (Å²) >= 11 is 0. The molecular formula is C24H40N2O2-2. The molecule has 4 fully saturated rings. The van der Waals surface area contributed by atoms with E-state index in [-0.39, 0.29) is 5.41 Å². The molecule has 3 aliphatic carbocycles. The number of nitrogens with two attached hydrogens (primary N) is 1. The molecule has 3 saturated carbocycles. The SMILES string of the molecule is CC1CC(N)C12CCCC2.OC(O)CC12CCCC1CNC2.[C-]#CC.[C-]#CC. The van der Waals surface area contributed by atoms with Crippen molar-refractivity contribution in [3.63, 3.8) is 0 Å². The minimum atomic E-state index is -1.12. The van der Waals surface area contributed by atoms with Crippen LogP contribution in [0.1, 0.15) is 78.6 Å². The molecule has 160 valence electrons. The maximum absolute atomic E-state index is 8.98.